The Balaban J connectivity index is 2.07. The molecule has 0 bridgehead atoms. The number of halogens is 4. The van der Waals surface area contributed by atoms with Gasteiger partial charge in [-0.1, -0.05) is 35.0 Å². The zero-order valence-corrected chi connectivity index (χ0v) is 15.1. The van der Waals surface area contributed by atoms with Gasteiger partial charge in [-0.05, 0) is 18.2 Å². The van der Waals surface area contributed by atoms with E-state index in [9.17, 15) is 37.7 Å². The van der Waals surface area contributed by atoms with Gasteiger partial charge in [0.15, 0.2) is 0 Å². The number of rotatable bonds is 3. The van der Waals surface area contributed by atoms with Gasteiger partial charge in [-0.2, -0.15) is 13.2 Å². The van der Waals surface area contributed by atoms with Crippen LogP contribution in [0.4, 0.5) is 24.5 Å². The van der Waals surface area contributed by atoms with Crippen molar-refractivity contribution in [2.75, 3.05) is 5.32 Å². The fourth-order valence-electron chi connectivity index (χ4n) is 2.55. The number of amides is 1. The molecule has 0 spiro atoms. The molecule has 1 aliphatic rings. The molecule has 9 nitrogen and oxygen atoms in total. The van der Waals surface area contributed by atoms with E-state index in [0.717, 1.165) is 0 Å². The predicted molar refractivity (Wildman–Crippen MR) is 95.4 cm³/mol. The van der Waals surface area contributed by atoms with Crippen LogP contribution in [0.5, 0.6) is 0 Å². The van der Waals surface area contributed by atoms with Crippen LogP contribution in [0.15, 0.2) is 41.6 Å². The molecule has 2 aromatic rings. The maximum Gasteiger partial charge on any atom is 0.418 e. The highest BCUT2D eigenvalue weighted by molar-refractivity contribution is 6.73. The minimum absolute atomic E-state index is 0.0229. The topological polar surface area (TPSA) is 128 Å². The van der Waals surface area contributed by atoms with Crippen molar-refractivity contribution in [3.8, 4) is 0 Å². The van der Waals surface area contributed by atoms with Crippen molar-refractivity contribution < 1.29 is 37.3 Å². The van der Waals surface area contributed by atoms with Gasteiger partial charge in [-0.25, -0.2) is 4.79 Å². The number of fused-ring (bicyclic) bond motifs is 1. The average molecular weight is 442 g/mol. The Morgan fingerprint density at radius 2 is 1.83 bits per heavy atom. The first-order chi connectivity index (χ1) is 14.0. The third-order valence-corrected chi connectivity index (χ3v) is 4.24. The number of nitro benzene ring substituents is 1. The molecule has 13 heteroatoms. The minimum atomic E-state index is -5.09. The summed E-state index contributed by atoms with van der Waals surface area (Å²) in [5, 5.41) is 15.0. The monoisotopic (exact) mass is 441 g/mol. The van der Waals surface area contributed by atoms with E-state index in [-0.39, 0.29) is 5.56 Å². The molecule has 0 unspecified atom stereocenters. The molecular formula is C17H7ClF3N3O6. The lowest BCUT2D eigenvalue weighted by Gasteiger charge is -2.19. The van der Waals surface area contributed by atoms with Gasteiger partial charge in [0.05, 0.1) is 21.7 Å². The Labute approximate surface area is 169 Å². The van der Waals surface area contributed by atoms with Crippen LogP contribution in [0.2, 0.25) is 5.02 Å². The van der Waals surface area contributed by atoms with E-state index < -0.39 is 62.0 Å². The lowest BCUT2D eigenvalue weighted by Crippen LogP contribution is -2.37. The smallest absolute Gasteiger partial charge is 0.319 e. The molecule has 0 aromatic heterocycles. The van der Waals surface area contributed by atoms with E-state index in [1.165, 1.54) is 24.3 Å². The second-order valence-corrected chi connectivity index (χ2v) is 6.11. The number of carbonyl (C=O) groups is 3. The fraction of sp³-hybridized carbons (Fsp3) is 0.0588. The number of hydrogen-bond acceptors (Lipinski definition) is 7. The van der Waals surface area contributed by atoms with E-state index in [0.29, 0.717) is 6.07 Å². The Kier molecular flexibility index (Phi) is 5.27. The number of nitrogens with one attached hydrogen (secondary N) is 1. The predicted octanol–water partition coefficient (Wildman–Crippen LogP) is 3.61. The van der Waals surface area contributed by atoms with Crippen molar-refractivity contribution in [1.82, 2.24) is 0 Å². The molecule has 0 saturated carbocycles. The highest BCUT2D eigenvalue weighted by Crippen LogP contribution is 2.45. The first-order valence-electron chi connectivity index (χ1n) is 7.81. The number of oxime groups is 1. The summed E-state index contributed by atoms with van der Waals surface area (Å²) in [5.41, 5.74) is -5.73. The normalized spacial score (nSPS) is 14.9. The Morgan fingerprint density at radius 3 is 2.40 bits per heavy atom. The molecule has 30 heavy (non-hydrogen) atoms. The molecule has 2 aromatic carbocycles. The first-order valence-corrected chi connectivity index (χ1v) is 8.18. The van der Waals surface area contributed by atoms with Crippen LogP contribution < -0.4 is 5.32 Å². The second kappa shape index (κ2) is 7.55. The van der Waals surface area contributed by atoms with Gasteiger partial charge in [0, 0.05) is 0 Å². The molecular weight excluding hydrogens is 435 g/mol. The highest BCUT2D eigenvalue weighted by Gasteiger charge is 2.44. The standard InChI is InChI=1S/C17H7ClF3N3O6/c18-11-8(17(19,20)21)6-9-10(13(11)24(28)29)14(25)12(15(26)22-9)23-30-16(27)7-4-2-1-3-5-7/h1-6H,(H,22,26). The summed E-state index contributed by atoms with van der Waals surface area (Å²) in [6.45, 7) is 0. The molecule has 0 aliphatic carbocycles. The minimum Gasteiger partial charge on any atom is -0.319 e. The van der Waals surface area contributed by atoms with Crippen molar-refractivity contribution in [3.05, 3.63) is 68.2 Å². The zero-order valence-electron chi connectivity index (χ0n) is 14.3. The van der Waals surface area contributed by atoms with Gasteiger partial charge in [0.25, 0.3) is 5.91 Å². The van der Waals surface area contributed by atoms with Gasteiger partial charge in [-0.3, -0.25) is 19.7 Å². The maximum absolute atomic E-state index is 13.1. The summed E-state index contributed by atoms with van der Waals surface area (Å²) in [7, 11) is 0. The fourth-order valence-corrected chi connectivity index (χ4v) is 2.88. The Hall–Kier alpha value is -3.80. The van der Waals surface area contributed by atoms with Crippen LogP contribution in [-0.4, -0.2) is 28.3 Å². The number of nitro groups is 1. The van der Waals surface area contributed by atoms with Crippen LogP contribution >= 0.6 is 11.6 Å². The van der Waals surface area contributed by atoms with Crippen molar-refractivity contribution in [1.29, 1.82) is 0 Å². The van der Waals surface area contributed by atoms with Crippen molar-refractivity contribution in [2.24, 2.45) is 5.16 Å². The van der Waals surface area contributed by atoms with Gasteiger partial charge >= 0.3 is 17.8 Å². The lowest BCUT2D eigenvalue weighted by molar-refractivity contribution is -0.385. The number of anilines is 1. The summed E-state index contributed by atoms with van der Waals surface area (Å²) in [6.07, 6.45) is -5.09. The number of alkyl halides is 3. The Morgan fingerprint density at radius 1 is 1.20 bits per heavy atom. The van der Waals surface area contributed by atoms with Crippen LogP contribution in [0.25, 0.3) is 0 Å². The number of Topliss-reactive ketones (excluding diaryl/α,β-unsaturated/α-hetero) is 1. The van der Waals surface area contributed by atoms with Gasteiger partial charge in [0.2, 0.25) is 11.5 Å². The zero-order chi connectivity index (χ0) is 22.2. The molecule has 1 N–H and O–H groups in total. The first kappa shape index (κ1) is 20.9. The quantitative estimate of drug-likeness (QED) is 0.440. The van der Waals surface area contributed by atoms with Crippen LogP contribution in [0.3, 0.4) is 0 Å². The Bertz CT molecular complexity index is 1130. The molecule has 0 saturated heterocycles. The number of hydrogen-bond donors (Lipinski definition) is 1. The number of benzene rings is 2. The van der Waals surface area contributed by atoms with Crippen LogP contribution in [0.1, 0.15) is 26.3 Å². The molecule has 0 fully saturated rings. The third kappa shape index (κ3) is 3.72. The molecule has 1 aliphatic heterocycles. The molecule has 1 heterocycles. The molecule has 3 rings (SSSR count). The van der Waals surface area contributed by atoms with Crippen molar-refractivity contribution in [2.45, 2.75) is 6.18 Å². The summed E-state index contributed by atoms with van der Waals surface area (Å²) in [5.74, 6) is -3.80. The van der Waals surface area contributed by atoms with Gasteiger partial charge in [-0.15, -0.1) is 0 Å². The maximum atomic E-state index is 13.1. The summed E-state index contributed by atoms with van der Waals surface area (Å²) in [4.78, 5) is 51.1. The van der Waals surface area contributed by atoms with E-state index >= 15 is 0 Å². The molecule has 1 amide bonds. The molecule has 0 radical (unpaired) electrons. The van der Waals surface area contributed by atoms with Crippen molar-refractivity contribution >= 4 is 46.3 Å². The summed E-state index contributed by atoms with van der Waals surface area (Å²) >= 11 is 5.53. The SMILES string of the molecule is O=C1Nc2cc(C(F)(F)F)c(Cl)c([N+](=O)[O-])c2C(=O)C1=NOC(=O)c1ccccc1. The van der Waals surface area contributed by atoms with E-state index in [1.54, 1.807) is 6.07 Å². The molecule has 154 valence electrons. The van der Waals surface area contributed by atoms with E-state index in [2.05, 4.69) is 9.99 Å². The van der Waals surface area contributed by atoms with Crippen molar-refractivity contribution in [3.63, 3.8) is 0 Å². The molecule has 0 atom stereocenters. The number of nitrogens with zero attached hydrogens (tertiary/aromatic N) is 2. The van der Waals surface area contributed by atoms with Crippen LogP contribution in [-0.2, 0) is 15.8 Å². The third-order valence-electron chi connectivity index (χ3n) is 3.86. The largest absolute Gasteiger partial charge is 0.418 e. The summed E-state index contributed by atoms with van der Waals surface area (Å²) in [6, 6.07) is 7.61. The number of carbonyl (C=O) groups excluding carboxylic acids is 3. The number of ketones is 1. The lowest BCUT2D eigenvalue weighted by atomic mass is 9.95. The average Bonchev–Trinajstić information content (AvgIpc) is 2.67. The van der Waals surface area contributed by atoms with Crippen LogP contribution in [0, 0.1) is 10.1 Å². The summed E-state index contributed by atoms with van der Waals surface area (Å²) < 4.78 is 39.4. The van der Waals surface area contributed by atoms with E-state index in [4.69, 9.17) is 11.6 Å². The second-order valence-electron chi connectivity index (χ2n) is 5.73. The highest BCUT2D eigenvalue weighted by atomic mass is 35.5. The van der Waals surface area contributed by atoms with Gasteiger partial charge < -0.3 is 10.2 Å². The van der Waals surface area contributed by atoms with E-state index in [1.807, 2.05) is 5.32 Å². The van der Waals surface area contributed by atoms with Gasteiger partial charge in [0.1, 0.15) is 10.6 Å².